The van der Waals surface area contributed by atoms with Gasteiger partial charge in [-0.25, -0.2) is 4.98 Å². The Hall–Kier alpha value is -1.10. The third-order valence-electron chi connectivity index (χ3n) is 2.21. The van der Waals surface area contributed by atoms with E-state index in [2.05, 4.69) is 15.4 Å². The van der Waals surface area contributed by atoms with Gasteiger partial charge in [-0.3, -0.25) is 4.68 Å². The molecule has 2 heterocycles. The highest BCUT2D eigenvalue weighted by Gasteiger charge is 1.97. The Labute approximate surface area is 111 Å². The molecule has 6 heteroatoms. The summed E-state index contributed by atoms with van der Waals surface area (Å²) >= 11 is 5.70. The molecule has 0 aliphatic carbocycles. The molecule has 0 saturated heterocycles. The maximum Gasteiger partial charge on any atom is 0.129 e. The van der Waals surface area contributed by atoms with Crippen LogP contribution in [0.3, 0.4) is 0 Å². The summed E-state index contributed by atoms with van der Waals surface area (Å²) in [5.41, 5.74) is 2.29. The van der Waals surface area contributed by atoms with Crippen LogP contribution >= 0.6 is 24.0 Å². The van der Waals surface area contributed by atoms with Gasteiger partial charge in [0.1, 0.15) is 5.15 Å². The predicted octanol–water partition coefficient (Wildman–Crippen LogP) is 2.18. The van der Waals surface area contributed by atoms with E-state index in [9.17, 15) is 0 Å². The number of hydrogen-bond donors (Lipinski definition) is 1. The summed E-state index contributed by atoms with van der Waals surface area (Å²) < 4.78 is 1.79. The van der Waals surface area contributed by atoms with Gasteiger partial charge in [-0.2, -0.15) is 5.10 Å². The van der Waals surface area contributed by atoms with Gasteiger partial charge < -0.3 is 5.32 Å². The normalized spacial score (nSPS) is 10.0. The molecule has 0 aliphatic heterocycles. The highest BCUT2D eigenvalue weighted by molar-refractivity contribution is 6.29. The first-order chi connectivity index (χ1) is 7.74. The van der Waals surface area contributed by atoms with E-state index in [-0.39, 0.29) is 12.4 Å². The molecule has 92 valence electrons. The van der Waals surface area contributed by atoms with E-state index in [1.54, 1.807) is 16.9 Å². The predicted molar refractivity (Wildman–Crippen MR) is 70.2 cm³/mol. The number of rotatable bonds is 4. The zero-order valence-electron chi connectivity index (χ0n) is 9.43. The average molecular weight is 273 g/mol. The molecule has 0 aliphatic rings. The van der Waals surface area contributed by atoms with Crippen molar-refractivity contribution in [3.8, 4) is 0 Å². The smallest absolute Gasteiger partial charge is 0.129 e. The van der Waals surface area contributed by atoms with E-state index < -0.39 is 0 Å². The fraction of sp³-hybridized carbons (Fsp3) is 0.273. The third-order valence-corrected chi connectivity index (χ3v) is 2.43. The second kappa shape index (κ2) is 6.59. The number of aryl methyl sites for hydroxylation is 1. The average Bonchev–Trinajstić information content (AvgIpc) is 2.67. The lowest BCUT2D eigenvalue weighted by atomic mass is 10.3. The molecular weight excluding hydrogens is 259 g/mol. The molecule has 2 aromatic rings. The van der Waals surface area contributed by atoms with Crippen LogP contribution < -0.4 is 5.32 Å². The van der Waals surface area contributed by atoms with E-state index in [0.717, 1.165) is 18.7 Å². The van der Waals surface area contributed by atoms with Crippen molar-refractivity contribution in [2.45, 2.75) is 13.1 Å². The van der Waals surface area contributed by atoms with Gasteiger partial charge in [0.05, 0.1) is 6.20 Å². The summed E-state index contributed by atoms with van der Waals surface area (Å²) in [6, 6.07) is 3.76. The molecule has 0 fully saturated rings. The quantitative estimate of drug-likeness (QED) is 0.868. The van der Waals surface area contributed by atoms with Gasteiger partial charge in [0, 0.05) is 38.1 Å². The van der Waals surface area contributed by atoms with Crippen LogP contribution in [-0.2, 0) is 20.1 Å². The first-order valence-corrected chi connectivity index (χ1v) is 5.40. The standard InChI is InChI=1S/C11H13ClN4.ClH/c1-16-8-10(7-15-16)5-13-4-9-2-3-11(12)14-6-9;/h2-3,6-8,13H,4-5H2,1H3;1H. The van der Waals surface area contributed by atoms with Gasteiger partial charge in [-0.1, -0.05) is 17.7 Å². The summed E-state index contributed by atoms with van der Waals surface area (Å²) in [6.07, 6.45) is 5.62. The van der Waals surface area contributed by atoms with Crippen LogP contribution in [0.1, 0.15) is 11.1 Å². The van der Waals surface area contributed by atoms with Gasteiger partial charge in [0.2, 0.25) is 0 Å². The Morgan fingerprint density at radius 3 is 2.59 bits per heavy atom. The molecule has 1 N–H and O–H groups in total. The number of hydrogen-bond acceptors (Lipinski definition) is 3. The van der Waals surface area contributed by atoms with Crippen LogP contribution in [-0.4, -0.2) is 14.8 Å². The van der Waals surface area contributed by atoms with Crippen LogP contribution in [0.25, 0.3) is 0 Å². The van der Waals surface area contributed by atoms with Crippen molar-refractivity contribution in [3.05, 3.63) is 47.0 Å². The molecule has 0 unspecified atom stereocenters. The number of halogens is 2. The van der Waals surface area contributed by atoms with Crippen LogP contribution in [0.15, 0.2) is 30.7 Å². The van der Waals surface area contributed by atoms with E-state index in [0.29, 0.717) is 5.15 Å². The van der Waals surface area contributed by atoms with E-state index >= 15 is 0 Å². The lowest BCUT2D eigenvalue weighted by Gasteiger charge is -2.02. The van der Waals surface area contributed by atoms with Crippen molar-refractivity contribution >= 4 is 24.0 Å². The monoisotopic (exact) mass is 272 g/mol. The molecule has 0 bridgehead atoms. The Balaban J connectivity index is 0.00000144. The lowest BCUT2D eigenvalue weighted by Crippen LogP contribution is -2.12. The van der Waals surface area contributed by atoms with Crippen molar-refractivity contribution in [3.63, 3.8) is 0 Å². The first kappa shape index (κ1) is 14.0. The Morgan fingerprint density at radius 1 is 1.24 bits per heavy atom. The zero-order valence-corrected chi connectivity index (χ0v) is 11.0. The highest BCUT2D eigenvalue weighted by Crippen LogP contribution is 2.05. The zero-order chi connectivity index (χ0) is 11.4. The summed E-state index contributed by atoms with van der Waals surface area (Å²) in [5, 5.41) is 7.94. The molecule has 2 aromatic heterocycles. The first-order valence-electron chi connectivity index (χ1n) is 5.03. The molecule has 4 nitrogen and oxygen atoms in total. The van der Waals surface area contributed by atoms with Crippen LogP contribution in [0, 0.1) is 0 Å². The van der Waals surface area contributed by atoms with Crippen molar-refractivity contribution < 1.29 is 0 Å². The van der Waals surface area contributed by atoms with Crippen LogP contribution in [0.2, 0.25) is 5.15 Å². The SMILES string of the molecule is Cl.Cn1cc(CNCc2ccc(Cl)nc2)cn1. The van der Waals surface area contributed by atoms with E-state index in [4.69, 9.17) is 11.6 Å². The third kappa shape index (κ3) is 4.34. The summed E-state index contributed by atoms with van der Waals surface area (Å²) in [4.78, 5) is 4.02. The summed E-state index contributed by atoms with van der Waals surface area (Å²) in [5.74, 6) is 0. The molecule has 0 aromatic carbocycles. The van der Waals surface area contributed by atoms with Crippen LogP contribution in [0.5, 0.6) is 0 Å². The van der Waals surface area contributed by atoms with Crippen molar-refractivity contribution in [1.82, 2.24) is 20.1 Å². The highest BCUT2D eigenvalue weighted by atomic mass is 35.5. The van der Waals surface area contributed by atoms with E-state index in [1.165, 1.54) is 5.56 Å². The lowest BCUT2D eigenvalue weighted by molar-refractivity contribution is 0.690. The fourth-order valence-electron chi connectivity index (χ4n) is 1.43. The van der Waals surface area contributed by atoms with Crippen molar-refractivity contribution in [2.24, 2.45) is 7.05 Å². The minimum Gasteiger partial charge on any atom is -0.308 e. The molecule has 0 radical (unpaired) electrons. The minimum absolute atomic E-state index is 0. The van der Waals surface area contributed by atoms with Gasteiger partial charge in [-0.15, -0.1) is 12.4 Å². The topological polar surface area (TPSA) is 42.7 Å². The number of aromatic nitrogens is 3. The van der Waals surface area contributed by atoms with Crippen molar-refractivity contribution in [1.29, 1.82) is 0 Å². The van der Waals surface area contributed by atoms with Crippen LogP contribution in [0.4, 0.5) is 0 Å². The number of nitrogens with one attached hydrogen (secondary N) is 1. The summed E-state index contributed by atoms with van der Waals surface area (Å²) in [7, 11) is 1.91. The minimum atomic E-state index is 0. The number of nitrogens with zero attached hydrogens (tertiary/aromatic N) is 3. The Kier molecular flexibility index (Phi) is 5.41. The fourth-order valence-corrected chi connectivity index (χ4v) is 1.54. The maximum absolute atomic E-state index is 5.70. The molecule has 2 rings (SSSR count). The van der Waals surface area contributed by atoms with Gasteiger partial charge in [-0.05, 0) is 11.6 Å². The Morgan fingerprint density at radius 2 is 2.00 bits per heavy atom. The summed E-state index contributed by atoms with van der Waals surface area (Å²) in [6.45, 7) is 1.58. The second-order valence-corrected chi connectivity index (χ2v) is 4.00. The van der Waals surface area contributed by atoms with Gasteiger partial charge in [0.25, 0.3) is 0 Å². The van der Waals surface area contributed by atoms with E-state index in [1.807, 2.05) is 25.5 Å². The molecule has 0 spiro atoms. The number of pyridine rings is 1. The molecule has 0 saturated carbocycles. The Bertz CT molecular complexity index is 453. The molecule has 0 atom stereocenters. The maximum atomic E-state index is 5.70. The van der Waals surface area contributed by atoms with Gasteiger partial charge >= 0.3 is 0 Å². The molecule has 17 heavy (non-hydrogen) atoms. The van der Waals surface area contributed by atoms with Gasteiger partial charge in [0.15, 0.2) is 0 Å². The largest absolute Gasteiger partial charge is 0.308 e. The van der Waals surface area contributed by atoms with Crippen molar-refractivity contribution in [2.75, 3.05) is 0 Å². The molecular formula is C11H14Cl2N4. The molecule has 0 amide bonds. The second-order valence-electron chi connectivity index (χ2n) is 3.61.